The van der Waals surface area contributed by atoms with Gasteiger partial charge in [0.2, 0.25) is 0 Å². The lowest BCUT2D eigenvalue weighted by atomic mass is 10.00. The minimum absolute atomic E-state index is 0.0314. The van der Waals surface area contributed by atoms with Gasteiger partial charge in [-0.2, -0.15) is 0 Å². The Balaban J connectivity index is 1.57. The monoisotopic (exact) mass is 272 g/mol. The van der Waals surface area contributed by atoms with Crippen molar-refractivity contribution in [3.05, 3.63) is 42.0 Å². The minimum Gasteiger partial charge on any atom is -0.379 e. The lowest BCUT2D eigenvalue weighted by molar-refractivity contribution is 0.180. The van der Waals surface area contributed by atoms with Gasteiger partial charge in [0.1, 0.15) is 0 Å². The first-order chi connectivity index (χ1) is 9.83. The molecule has 0 spiro atoms. The van der Waals surface area contributed by atoms with Gasteiger partial charge in [0.25, 0.3) is 0 Å². The van der Waals surface area contributed by atoms with Gasteiger partial charge in [-0.1, -0.05) is 36.4 Å². The van der Waals surface area contributed by atoms with E-state index in [1.54, 1.807) is 0 Å². The second-order valence-electron chi connectivity index (χ2n) is 5.30. The number of nitrogens with one attached hydrogen (secondary N) is 1. The second kappa shape index (κ2) is 6.09. The predicted molar refractivity (Wildman–Crippen MR) is 78.4 cm³/mol. The molecule has 1 saturated heterocycles. The van der Waals surface area contributed by atoms with Crippen LogP contribution in [0.4, 0.5) is 4.79 Å². The van der Waals surface area contributed by atoms with Crippen molar-refractivity contribution in [2.75, 3.05) is 26.3 Å². The maximum Gasteiger partial charge on any atom is 0.317 e. The summed E-state index contributed by atoms with van der Waals surface area (Å²) in [6, 6.07) is 10.6. The van der Waals surface area contributed by atoms with Crippen LogP contribution in [-0.2, 0) is 4.74 Å². The van der Waals surface area contributed by atoms with E-state index in [-0.39, 0.29) is 12.1 Å². The summed E-state index contributed by atoms with van der Waals surface area (Å²) in [5, 5.41) is 3.04. The van der Waals surface area contributed by atoms with Crippen LogP contribution in [0.2, 0.25) is 0 Å². The molecule has 0 aliphatic carbocycles. The quantitative estimate of drug-likeness (QED) is 0.897. The molecule has 0 bridgehead atoms. The van der Waals surface area contributed by atoms with Crippen molar-refractivity contribution in [3.63, 3.8) is 0 Å². The van der Waals surface area contributed by atoms with E-state index in [0.717, 1.165) is 26.0 Å². The lowest BCUT2D eigenvalue weighted by Gasteiger charge is -2.28. The average molecular weight is 272 g/mol. The van der Waals surface area contributed by atoms with Gasteiger partial charge >= 0.3 is 6.03 Å². The van der Waals surface area contributed by atoms with Crippen molar-refractivity contribution in [1.82, 2.24) is 10.2 Å². The van der Waals surface area contributed by atoms with Gasteiger partial charge in [0, 0.05) is 19.7 Å². The SMILES string of the molecule is O=C(N[C@H]1CCOC1)N1CC=C(c2ccccc2)CC1. The molecule has 1 aromatic carbocycles. The Kier molecular flexibility index (Phi) is 4.02. The van der Waals surface area contributed by atoms with Crippen LogP contribution < -0.4 is 5.32 Å². The van der Waals surface area contributed by atoms with Gasteiger partial charge in [0.15, 0.2) is 0 Å². The molecule has 3 rings (SSSR count). The first kappa shape index (κ1) is 13.2. The summed E-state index contributed by atoms with van der Waals surface area (Å²) in [7, 11) is 0. The van der Waals surface area contributed by atoms with Crippen molar-refractivity contribution >= 4 is 11.6 Å². The highest BCUT2D eigenvalue weighted by Gasteiger charge is 2.22. The number of amides is 2. The third-order valence-electron chi connectivity index (χ3n) is 3.90. The smallest absolute Gasteiger partial charge is 0.317 e. The third-order valence-corrected chi connectivity index (χ3v) is 3.90. The van der Waals surface area contributed by atoms with Crippen LogP contribution in [0.5, 0.6) is 0 Å². The molecule has 20 heavy (non-hydrogen) atoms. The van der Waals surface area contributed by atoms with E-state index in [1.165, 1.54) is 11.1 Å². The molecular formula is C16H20N2O2. The zero-order valence-corrected chi connectivity index (χ0v) is 11.5. The predicted octanol–water partition coefficient (Wildman–Crippen LogP) is 2.27. The van der Waals surface area contributed by atoms with Crippen LogP contribution in [0.1, 0.15) is 18.4 Å². The summed E-state index contributed by atoms with van der Waals surface area (Å²) < 4.78 is 5.28. The molecule has 4 nitrogen and oxygen atoms in total. The maximum absolute atomic E-state index is 12.1. The van der Waals surface area contributed by atoms with Gasteiger partial charge in [-0.05, 0) is 24.0 Å². The number of benzene rings is 1. The number of carbonyl (C=O) groups is 1. The molecule has 2 aliphatic rings. The molecule has 2 aliphatic heterocycles. The molecule has 2 amide bonds. The van der Waals surface area contributed by atoms with Crippen LogP contribution in [0, 0.1) is 0 Å². The first-order valence-corrected chi connectivity index (χ1v) is 7.20. The maximum atomic E-state index is 12.1. The highest BCUT2D eigenvalue weighted by Crippen LogP contribution is 2.22. The van der Waals surface area contributed by atoms with Gasteiger partial charge in [-0.3, -0.25) is 0 Å². The van der Waals surface area contributed by atoms with Crippen LogP contribution in [-0.4, -0.2) is 43.3 Å². The van der Waals surface area contributed by atoms with E-state index in [9.17, 15) is 4.79 Å². The van der Waals surface area contributed by atoms with E-state index in [0.29, 0.717) is 13.2 Å². The van der Waals surface area contributed by atoms with Crippen molar-refractivity contribution in [1.29, 1.82) is 0 Å². The first-order valence-electron chi connectivity index (χ1n) is 7.20. The Labute approximate surface area is 119 Å². The average Bonchev–Trinajstić information content (AvgIpc) is 3.01. The van der Waals surface area contributed by atoms with Crippen LogP contribution in [0.3, 0.4) is 0 Å². The van der Waals surface area contributed by atoms with Gasteiger partial charge in [-0.25, -0.2) is 4.79 Å². The van der Waals surface area contributed by atoms with Crippen molar-refractivity contribution in [2.24, 2.45) is 0 Å². The molecule has 1 N–H and O–H groups in total. The number of hydrogen-bond donors (Lipinski definition) is 1. The Morgan fingerprint density at radius 1 is 1.30 bits per heavy atom. The number of hydrogen-bond acceptors (Lipinski definition) is 2. The Hall–Kier alpha value is -1.81. The van der Waals surface area contributed by atoms with Gasteiger partial charge in [-0.15, -0.1) is 0 Å². The number of urea groups is 1. The fourth-order valence-electron chi connectivity index (χ4n) is 2.68. The topological polar surface area (TPSA) is 41.6 Å². The molecule has 0 radical (unpaired) electrons. The van der Waals surface area contributed by atoms with Gasteiger partial charge in [0.05, 0.1) is 12.6 Å². The number of rotatable bonds is 2. The second-order valence-corrected chi connectivity index (χ2v) is 5.30. The van der Waals surface area contributed by atoms with Crippen LogP contribution >= 0.6 is 0 Å². The molecular weight excluding hydrogens is 252 g/mol. The van der Waals surface area contributed by atoms with E-state index >= 15 is 0 Å². The largest absolute Gasteiger partial charge is 0.379 e. The molecule has 1 aromatic rings. The summed E-state index contributed by atoms with van der Waals surface area (Å²) in [6.07, 6.45) is 3.99. The van der Waals surface area contributed by atoms with E-state index in [4.69, 9.17) is 4.74 Å². The summed E-state index contributed by atoms with van der Waals surface area (Å²) in [5.74, 6) is 0. The van der Waals surface area contributed by atoms with Gasteiger partial charge < -0.3 is 15.0 Å². The molecule has 0 unspecified atom stereocenters. The number of nitrogens with zero attached hydrogens (tertiary/aromatic N) is 1. The summed E-state index contributed by atoms with van der Waals surface area (Å²) in [6.45, 7) is 2.86. The summed E-state index contributed by atoms with van der Waals surface area (Å²) in [4.78, 5) is 14.0. The highest BCUT2D eigenvalue weighted by atomic mass is 16.5. The van der Waals surface area contributed by atoms with E-state index in [2.05, 4.69) is 35.7 Å². The molecule has 106 valence electrons. The Bertz CT molecular complexity index is 492. The zero-order chi connectivity index (χ0) is 13.8. The van der Waals surface area contributed by atoms with Crippen molar-refractivity contribution in [3.8, 4) is 0 Å². The summed E-state index contributed by atoms with van der Waals surface area (Å²) >= 11 is 0. The number of ether oxygens (including phenoxy) is 1. The molecule has 1 atom stereocenters. The molecule has 2 heterocycles. The molecule has 0 saturated carbocycles. The summed E-state index contributed by atoms with van der Waals surface area (Å²) in [5.41, 5.74) is 2.59. The zero-order valence-electron chi connectivity index (χ0n) is 11.5. The third kappa shape index (κ3) is 3.02. The van der Waals surface area contributed by atoms with E-state index in [1.807, 2.05) is 11.0 Å². The Morgan fingerprint density at radius 2 is 2.15 bits per heavy atom. The molecule has 4 heteroatoms. The van der Waals surface area contributed by atoms with Crippen molar-refractivity contribution < 1.29 is 9.53 Å². The van der Waals surface area contributed by atoms with Crippen LogP contribution in [0.25, 0.3) is 5.57 Å². The normalized spacial score (nSPS) is 22.5. The molecule has 0 aromatic heterocycles. The molecule has 1 fully saturated rings. The highest BCUT2D eigenvalue weighted by molar-refractivity contribution is 5.77. The van der Waals surface area contributed by atoms with Crippen LogP contribution in [0.15, 0.2) is 36.4 Å². The lowest BCUT2D eigenvalue weighted by Crippen LogP contribution is -2.46. The fourth-order valence-corrected chi connectivity index (χ4v) is 2.68. The minimum atomic E-state index is 0.0314. The van der Waals surface area contributed by atoms with Crippen molar-refractivity contribution in [2.45, 2.75) is 18.9 Å². The van der Waals surface area contributed by atoms with E-state index < -0.39 is 0 Å². The Morgan fingerprint density at radius 3 is 2.80 bits per heavy atom. The number of carbonyl (C=O) groups excluding carboxylic acids is 1. The standard InChI is InChI=1S/C16H20N2O2/c19-16(17-15-8-11-20-12-15)18-9-6-14(7-10-18)13-4-2-1-3-5-13/h1-6,15H,7-12H2,(H,17,19)/t15-/m0/s1. The fraction of sp³-hybridized carbons (Fsp3) is 0.438.